The first-order valence-electron chi connectivity index (χ1n) is 37.1. The third kappa shape index (κ3) is 11.7. The smallest absolute Gasteiger partial charge is 0.252 e. The molecular weight excluding hydrogens is 1310 g/mol. The Morgan fingerprint density at radius 3 is 1.01 bits per heavy atom. The maximum atomic E-state index is 5.46. The van der Waals surface area contributed by atoms with Crippen LogP contribution < -0.4 is 26.2 Å². The van der Waals surface area contributed by atoms with Gasteiger partial charge in [-0.2, -0.15) is 0 Å². The molecule has 14 aromatic carbocycles. The topological polar surface area (TPSA) is 88.8 Å². The van der Waals surface area contributed by atoms with Crippen LogP contribution in [0.1, 0.15) is 52.7 Å². The van der Waals surface area contributed by atoms with Crippen LogP contribution in [0.5, 0.6) is 0 Å². The van der Waals surface area contributed by atoms with Crippen molar-refractivity contribution in [3.8, 4) is 107 Å². The lowest BCUT2D eigenvalue weighted by Crippen LogP contribution is -2.61. The Kier molecular flexibility index (Phi) is 15.9. The van der Waals surface area contributed by atoms with Crippen molar-refractivity contribution < 1.29 is 0 Å². The van der Waals surface area contributed by atoms with E-state index in [1.54, 1.807) is 0 Å². The van der Waals surface area contributed by atoms with Crippen molar-refractivity contribution in [3.05, 3.63) is 351 Å². The van der Waals surface area contributed by atoms with E-state index in [9.17, 15) is 0 Å². The summed E-state index contributed by atoms with van der Waals surface area (Å²) in [5, 5.41) is 2.19. The zero-order valence-electron chi connectivity index (χ0n) is 60.9. The Labute approximate surface area is 630 Å². The van der Waals surface area contributed by atoms with Gasteiger partial charge in [0.1, 0.15) is 0 Å². The van der Waals surface area contributed by atoms with Gasteiger partial charge >= 0.3 is 0 Å². The number of hydrogen-bond acceptors (Lipinski definition) is 8. The Morgan fingerprint density at radius 1 is 0.241 bits per heavy atom. The van der Waals surface area contributed by atoms with Crippen LogP contribution in [-0.2, 0) is 10.8 Å². The number of aromatic nitrogens is 7. The molecule has 5 heterocycles. The van der Waals surface area contributed by atoms with E-state index in [2.05, 4.69) is 299 Å². The lowest BCUT2D eigenvalue weighted by Gasteiger charge is -2.45. The van der Waals surface area contributed by atoms with Crippen molar-refractivity contribution in [2.45, 2.75) is 52.4 Å². The quantitative estimate of drug-likeness (QED) is 0.112. The Bertz CT molecular complexity index is 6010. The predicted octanol–water partition coefficient (Wildman–Crippen LogP) is 22.8. The second kappa shape index (κ2) is 26.3. The number of nitrogens with zero attached hydrogens (tertiary/aromatic N) is 9. The van der Waals surface area contributed by atoms with Crippen LogP contribution in [0.3, 0.4) is 0 Å². The summed E-state index contributed by atoms with van der Waals surface area (Å²) in [4.78, 5) is 36.9. The molecule has 9 nitrogen and oxygen atoms in total. The zero-order chi connectivity index (χ0) is 72.8. The van der Waals surface area contributed by atoms with Gasteiger partial charge in [0.25, 0.3) is 6.71 Å². The number of anilines is 6. The van der Waals surface area contributed by atoms with Crippen LogP contribution >= 0.6 is 0 Å². The molecule has 0 bridgehead atoms. The minimum atomic E-state index is -0.117. The maximum absolute atomic E-state index is 5.46. The molecule has 3 aromatic heterocycles. The number of rotatable bonds is 12. The van der Waals surface area contributed by atoms with E-state index in [1.807, 2.05) is 97.1 Å². The van der Waals surface area contributed by atoms with Gasteiger partial charge in [-0.3, -0.25) is 0 Å². The van der Waals surface area contributed by atoms with Crippen molar-refractivity contribution in [1.29, 1.82) is 0 Å². The third-order valence-corrected chi connectivity index (χ3v) is 21.4. The average Bonchev–Trinajstić information content (AvgIpc) is 0.825. The van der Waals surface area contributed by atoms with E-state index >= 15 is 0 Å². The molecule has 2 aliphatic heterocycles. The van der Waals surface area contributed by atoms with Gasteiger partial charge < -0.3 is 14.4 Å². The van der Waals surface area contributed by atoms with Crippen molar-refractivity contribution in [1.82, 2.24) is 34.5 Å². The van der Waals surface area contributed by atoms with Crippen molar-refractivity contribution in [2.24, 2.45) is 0 Å². The van der Waals surface area contributed by atoms with E-state index in [0.717, 1.165) is 117 Å². The minimum absolute atomic E-state index is 0.113. The molecule has 0 N–H and O–H groups in total. The molecule has 0 saturated heterocycles. The summed E-state index contributed by atoms with van der Waals surface area (Å²) >= 11 is 0. The SMILES string of the molecule is CC(C)(C)c1ccc2c(c1)B1c3cc(C(C)(C)C)ccc3N(c3ccc(-c4ccccc4)cc3)c3cc(-c4ccc5c(c4)c4ccccc4n5-c4ccc(-c5nc(-c6ccccc6)nc(-c6ccccc6)n5)cc4-c4nc(-c5ccccc5)nc(-c5ccccc5)n4)cc(c31)N2c1ccc(-c2ccccc2)cc1. The van der Waals surface area contributed by atoms with Gasteiger partial charge in [0.2, 0.25) is 0 Å². The monoisotopic (exact) mass is 1390 g/mol. The highest BCUT2D eigenvalue weighted by molar-refractivity contribution is 7.00. The molecule has 0 atom stereocenters. The lowest BCUT2D eigenvalue weighted by molar-refractivity contribution is 0.590. The van der Waals surface area contributed by atoms with Gasteiger partial charge in [-0.05, 0) is 157 Å². The van der Waals surface area contributed by atoms with Crippen molar-refractivity contribution in [3.63, 3.8) is 0 Å². The fourth-order valence-corrected chi connectivity index (χ4v) is 15.9. The summed E-state index contributed by atoms with van der Waals surface area (Å²) in [7, 11) is 0. The first-order chi connectivity index (χ1) is 52.8. The first-order valence-corrected chi connectivity index (χ1v) is 37.1. The van der Waals surface area contributed by atoms with Crippen LogP contribution in [0.2, 0.25) is 0 Å². The minimum Gasteiger partial charge on any atom is -0.311 e. The predicted molar refractivity (Wildman–Crippen MR) is 448 cm³/mol. The van der Waals surface area contributed by atoms with Crippen LogP contribution in [0, 0.1) is 0 Å². The number of para-hydroxylation sites is 1. The summed E-state index contributed by atoms with van der Waals surface area (Å²) in [6.45, 7) is 13.9. The molecule has 19 rings (SSSR count). The summed E-state index contributed by atoms with van der Waals surface area (Å²) < 4.78 is 2.38. The molecule has 0 radical (unpaired) electrons. The molecule has 0 saturated carbocycles. The average molecular weight is 1390 g/mol. The van der Waals surface area contributed by atoms with Gasteiger partial charge in [0.15, 0.2) is 34.9 Å². The largest absolute Gasteiger partial charge is 0.311 e. The molecule has 0 amide bonds. The summed E-state index contributed by atoms with van der Waals surface area (Å²) in [5.74, 6) is 3.25. The Balaban J connectivity index is 0.852. The molecule has 17 aromatic rings. The van der Waals surface area contributed by atoms with E-state index in [-0.39, 0.29) is 17.5 Å². The molecule has 0 spiro atoms. The highest BCUT2D eigenvalue weighted by Crippen LogP contribution is 2.49. The summed E-state index contributed by atoms with van der Waals surface area (Å²) in [6, 6.07) is 122. The van der Waals surface area contributed by atoms with Gasteiger partial charge in [-0.1, -0.05) is 296 Å². The van der Waals surface area contributed by atoms with E-state index in [1.165, 1.54) is 38.6 Å². The normalized spacial score (nSPS) is 12.5. The highest BCUT2D eigenvalue weighted by atomic mass is 15.2. The van der Waals surface area contributed by atoms with E-state index in [4.69, 9.17) is 29.9 Å². The molecule has 0 aliphatic carbocycles. The van der Waals surface area contributed by atoms with Gasteiger partial charge in [0.05, 0.1) is 16.7 Å². The van der Waals surface area contributed by atoms with E-state index in [0.29, 0.717) is 34.9 Å². The molecule has 2 aliphatic rings. The Morgan fingerprint density at radius 2 is 0.583 bits per heavy atom. The van der Waals surface area contributed by atoms with Crippen LogP contribution in [-0.4, -0.2) is 41.2 Å². The van der Waals surface area contributed by atoms with Gasteiger partial charge in [-0.25, -0.2) is 29.9 Å². The first kappa shape index (κ1) is 65.3. The van der Waals surface area contributed by atoms with Crippen molar-refractivity contribution >= 4 is 79.0 Å². The fourth-order valence-electron chi connectivity index (χ4n) is 15.9. The number of benzene rings is 14. The lowest BCUT2D eigenvalue weighted by atomic mass is 9.33. The van der Waals surface area contributed by atoms with Crippen LogP contribution in [0.4, 0.5) is 34.1 Å². The second-order valence-corrected chi connectivity index (χ2v) is 30.3. The molecular formula is C98H74BN9. The molecule has 10 heteroatoms. The summed E-state index contributed by atoms with van der Waals surface area (Å²) in [6.07, 6.45) is 0. The van der Waals surface area contributed by atoms with Gasteiger partial charge in [-0.15, -0.1) is 0 Å². The molecule has 0 fully saturated rings. The van der Waals surface area contributed by atoms with Crippen LogP contribution in [0.15, 0.2) is 340 Å². The van der Waals surface area contributed by atoms with Crippen LogP contribution in [0.25, 0.3) is 129 Å². The van der Waals surface area contributed by atoms with Gasteiger partial charge in [0, 0.05) is 78.3 Å². The Hall–Kier alpha value is -13.4. The maximum Gasteiger partial charge on any atom is 0.252 e. The second-order valence-electron chi connectivity index (χ2n) is 30.3. The third-order valence-electron chi connectivity index (χ3n) is 21.4. The standard InChI is InChI=1S/C98H74BN9/c1-97(2,3)74-47-55-86-81(61-74)99-82-62-75(98(4,5)6)48-56-87(82)107(77-51-43-66(44-52-77)64-29-15-8-16-30-64)89-60-73(59-88(90(89)99)106(86)76-49-41-65(42-50-76)63-27-13-7-14-28-63)71-45-53-84-79(57-71)78-39-25-26-40-83(78)108(84)85-54-46-72(95-102-91(67-31-17-9-18-32-67)100-92(103-95)68-33-19-10-20-34-68)58-80(85)96-104-93(69-35-21-11-22-36-69)101-94(105-96)70-37-23-12-24-38-70/h7-62H,1-6H3. The zero-order valence-corrected chi connectivity index (χ0v) is 60.9. The fraction of sp³-hybridized carbons (Fsp3) is 0.0816. The van der Waals surface area contributed by atoms with Crippen molar-refractivity contribution in [2.75, 3.05) is 9.80 Å². The highest BCUT2D eigenvalue weighted by Gasteiger charge is 2.45. The molecule has 108 heavy (non-hydrogen) atoms. The molecule has 514 valence electrons. The summed E-state index contributed by atoms with van der Waals surface area (Å²) in [5.41, 5.74) is 27.8. The van der Waals surface area contributed by atoms with E-state index < -0.39 is 0 Å². The number of hydrogen-bond donors (Lipinski definition) is 0. The molecule has 0 unspecified atom stereocenters. The number of fused-ring (bicyclic) bond motifs is 7.